The smallest absolute Gasteiger partial charge is 0.307 e. The Balaban J connectivity index is 0.000000233. The molecule has 20 heavy (non-hydrogen) atoms. The Bertz CT molecular complexity index is 490. The van der Waals surface area contributed by atoms with E-state index in [9.17, 15) is 4.79 Å². The van der Waals surface area contributed by atoms with E-state index in [0.29, 0.717) is 5.75 Å². The van der Waals surface area contributed by atoms with Gasteiger partial charge in [0.2, 0.25) is 0 Å². The molecule has 0 amide bonds. The molecule has 0 radical (unpaired) electrons. The highest BCUT2D eigenvalue weighted by molar-refractivity contribution is 5.86. The van der Waals surface area contributed by atoms with Gasteiger partial charge in [-0.05, 0) is 34.9 Å². The van der Waals surface area contributed by atoms with Crippen LogP contribution in [0.1, 0.15) is 48.0 Å². The van der Waals surface area contributed by atoms with Crippen LogP contribution < -0.4 is 0 Å². The van der Waals surface area contributed by atoms with Crippen molar-refractivity contribution in [3.63, 3.8) is 0 Å². The van der Waals surface area contributed by atoms with E-state index in [4.69, 9.17) is 10.2 Å². The van der Waals surface area contributed by atoms with Gasteiger partial charge in [-0.15, -0.1) is 0 Å². The lowest BCUT2D eigenvalue weighted by Gasteiger charge is -2.32. The van der Waals surface area contributed by atoms with Crippen molar-refractivity contribution in [1.82, 2.24) is 0 Å². The summed E-state index contributed by atoms with van der Waals surface area (Å²) in [4.78, 5) is 11.0. The zero-order valence-corrected chi connectivity index (χ0v) is 13.3. The van der Waals surface area contributed by atoms with Gasteiger partial charge in [-0.1, -0.05) is 47.6 Å². The molecule has 1 atom stereocenters. The molecule has 0 saturated heterocycles. The van der Waals surface area contributed by atoms with Crippen LogP contribution in [0, 0.1) is 16.7 Å². The normalized spacial score (nSPS) is 14.1. The Morgan fingerprint density at radius 3 is 1.80 bits per heavy atom. The van der Waals surface area contributed by atoms with Gasteiger partial charge in [0.05, 0.1) is 5.92 Å². The number of fused-ring (bicyclic) bond motifs is 1. The second-order valence-electron chi connectivity index (χ2n) is 7.75. The van der Waals surface area contributed by atoms with Crippen LogP contribution in [0.25, 0.3) is 11.1 Å². The lowest BCUT2D eigenvalue weighted by atomic mass is 9.72. The molecule has 0 aromatic heterocycles. The zero-order valence-electron chi connectivity index (χ0n) is 13.3. The third-order valence-electron chi connectivity index (χ3n) is 3.38. The molecular formula is C17H26O3. The Labute approximate surface area is 121 Å². The Morgan fingerprint density at radius 2 is 1.70 bits per heavy atom. The molecule has 0 aliphatic heterocycles. The molecule has 0 aromatic rings. The average Bonchev–Trinajstić information content (AvgIpc) is 2.93. The predicted octanol–water partition coefficient (Wildman–Crippen LogP) is 4.54. The number of phenolic OH excluding ortho intramolecular Hbond substituents is 1. The van der Waals surface area contributed by atoms with Crippen molar-refractivity contribution in [3.05, 3.63) is 18.2 Å². The standard InChI is InChI=1S/C11H22O2.C6H4O/c1-10(2,3)7-8(9(12)13)11(4,5)6;7-6-2-1-4-3-5(4)6/h8H,7H2,1-6H3,(H,12,13);1-3,7H. The van der Waals surface area contributed by atoms with E-state index in [1.165, 1.54) is 5.56 Å². The summed E-state index contributed by atoms with van der Waals surface area (Å²) in [5.74, 6) is -0.509. The van der Waals surface area contributed by atoms with Gasteiger partial charge >= 0.3 is 5.97 Å². The Hall–Kier alpha value is -1.51. The lowest BCUT2D eigenvalue weighted by molar-refractivity contribution is -0.146. The number of carboxylic acids is 1. The van der Waals surface area contributed by atoms with Crippen LogP contribution in [-0.2, 0) is 4.79 Å². The number of benzene rings is 1. The van der Waals surface area contributed by atoms with E-state index < -0.39 is 5.97 Å². The number of hydrogen-bond donors (Lipinski definition) is 2. The van der Waals surface area contributed by atoms with Crippen LogP contribution in [0.15, 0.2) is 18.2 Å². The molecule has 0 bridgehead atoms. The van der Waals surface area contributed by atoms with E-state index >= 15 is 0 Å². The van der Waals surface area contributed by atoms with Gasteiger partial charge in [0.25, 0.3) is 0 Å². The number of phenols is 1. The van der Waals surface area contributed by atoms with Gasteiger partial charge in [0, 0.05) is 5.56 Å². The summed E-state index contributed by atoms with van der Waals surface area (Å²) < 4.78 is 0. The van der Waals surface area contributed by atoms with Crippen molar-refractivity contribution in [2.75, 3.05) is 0 Å². The first-order valence-electron chi connectivity index (χ1n) is 6.98. The molecule has 3 nitrogen and oxygen atoms in total. The summed E-state index contributed by atoms with van der Waals surface area (Å²) in [5.41, 5.74) is 2.15. The average molecular weight is 278 g/mol. The summed E-state index contributed by atoms with van der Waals surface area (Å²) in [6.07, 6.45) is 0.728. The summed E-state index contributed by atoms with van der Waals surface area (Å²) in [6, 6.07) is 5.57. The van der Waals surface area contributed by atoms with Crippen molar-refractivity contribution < 1.29 is 15.0 Å². The number of hydrogen-bond acceptors (Lipinski definition) is 2. The summed E-state index contributed by atoms with van der Waals surface area (Å²) >= 11 is 0. The minimum absolute atomic E-state index is 0.0797. The number of aliphatic carboxylic acids is 1. The highest BCUT2D eigenvalue weighted by atomic mass is 16.4. The van der Waals surface area contributed by atoms with E-state index in [-0.39, 0.29) is 16.7 Å². The number of rotatable bonds is 2. The van der Waals surface area contributed by atoms with Gasteiger partial charge in [0.15, 0.2) is 0 Å². The number of carboxylic acid groups (broad SMARTS) is 1. The molecular weight excluding hydrogens is 252 g/mol. The highest BCUT2D eigenvalue weighted by Gasteiger charge is 2.34. The quantitative estimate of drug-likeness (QED) is 0.847. The monoisotopic (exact) mass is 278 g/mol. The molecule has 2 rings (SSSR count). The van der Waals surface area contributed by atoms with Crippen molar-refractivity contribution >= 4 is 5.97 Å². The van der Waals surface area contributed by atoms with E-state index in [1.54, 1.807) is 6.07 Å². The number of carbonyl (C=O) groups is 1. The predicted molar refractivity (Wildman–Crippen MR) is 81.8 cm³/mol. The second kappa shape index (κ2) is 5.47. The van der Waals surface area contributed by atoms with Gasteiger partial charge in [0.1, 0.15) is 5.75 Å². The molecule has 112 valence electrons. The third-order valence-corrected chi connectivity index (χ3v) is 3.38. The van der Waals surface area contributed by atoms with Crippen molar-refractivity contribution in [1.29, 1.82) is 0 Å². The maximum absolute atomic E-state index is 11.0. The molecule has 2 N–H and O–H groups in total. The fourth-order valence-electron chi connectivity index (χ4n) is 2.11. The second-order valence-corrected chi connectivity index (χ2v) is 7.75. The topological polar surface area (TPSA) is 57.5 Å². The Kier molecular flexibility index (Phi) is 4.52. The van der Waals surface area contributed by atoms with E-state index in [0.717, 1.165) is 12.0 Å². The minimum atomic E-state index is -0.678. The molecule has 2 aliphatic rings. The summed E-state index contributed by atoms with van der Waals surface area (Å²) in [6.45, 7) is 12.2. The van der Waals surface area contributed by atoms with E-state index in [2.05, 4.69) is 20.8 Å². The van der Waals surface area contributed by atoms with Gasteiger partial charge in [-0.25, -0.2) is 0 Å². The SMILES string of the molecule is CC(C)(C)CC(C(=O)O)C(C)(C)C.Oc1ccc2cc1-2. The van der Waals surface area contributed by atoms with Crippen molar-refractivity contribution in [2.45, 2.75) is 48.0 Å². The molecule has 0 heterocycles. The first-order valence-corrected chi connectivity index (χ1v) is 6.98. The first kappa shape index (κ1) is 16.5. The van der Waals surface area contributed by atoms with Crippen LogP contribution in [0.2, 0.25) is 0 Å². The van der Waals surface area contributed by atoms with Crippen LogP contribution in [0.4, 0.5) is 0 Å². The van der Waals surface area contributed by atoms with Crippen LogP contribution in [-0.4, -0.2) is 16.2 Å². The van der Waals surface area contributed by atoms with Gasteiger partial charge < -0.3 is 10.2 Å². The van der Waals surface area contributed by atoms with E-state index in [1.807, 2.05) is 32.9 Å². The molecule has 0 spiro atoms. The molecule has 0 fully saturated rings. The molecule has 0 saturated carbocycles. The molecule has 3 heteroatoms. The van der Waals surface area contributed by atoms with Crippen molar-refractivity contribution in [3.8, 4) is 16.9 Å². The van der Waals surface area contributed by atoms with Crippen LogP contribution in [0.3, 0.4) is 0 Å². The van der Waals surface area contributed by atoms with Crippen LogP contribution >= 0.6 is 0 Å². The van der Waals surface area contributed by atoms with Gasteiger partial charge in [-0.2, -0.15) is 0 Å². The summed E-state index contributed by atoms with van der Waals surface area (Å²) in [5, 5.41) is 17.9. The Morgan fingerprint density at radius 1 is 1.15 bits per heavy atom. The van der Waals surface area contributed by atoms with Crippen molar-refractivity contribution in [2.24, 2.45) is 16.7 Å². The zero-order chi connectivity index (χ0) is 15.7. The molecule has 1 unspecified atom stereocenters. The molecule has 0 aromatic carbocycles. The van der Waals surface area contributed by atoms with Crippen LogP contribution in [0.5, 0.6) is 5.75 Å². The first-order chi connectivity index (χ1) is 8.92. The maximum atomic E-state index is 11.0. The fraction of sp³-hybridized carbons (Fsp3) is 0.588. The molecule has 2 aliphatic carbocycles. The highest BCUT2D eigenvalue weighted by Crippen LogP contribution is 2.42. The largest absolute Gasteiger partial charge is 0.507 e. The fourth-order valence-corrected chi connectivity index (χ4v) is 2.11. The lowest BCUT2D eigenvalue weighted by Crippen LogP contribution is -2.32. The minimum Gasteiger partial charge on any atom is -0.507 e. The third kappa shape index (κ3) is 4.87. The summed E-state index contributed by atoms with van der Waals surface area (Å²) in [7, 11) is 0. The maximum Gasteiger partial charge on any atom is 0.307 e. The number of aromatic hydroxyl groups is 1. The van der Waals surface area contributed by atoms with Gasteiger partial charge in [-0.3, -0.25) is 4.79 Å².